The van der Waals surface area contributed by atoms with Crippen LogP contribution in [0.1, 0.15) is 23.6 Å². The number of ether oxygens (including phenoxy) is 2. The third kappa shape index (κ3) is 1.54. The molecule has 2 aliphatic heterocycles. The lowest BCUT2D eigenvalue weighted by Gasteiger charge is -2.25. The van der Waals surface area contributed by atoms with E-state index in [0.717, 1.165) is 10.9 Å². The zero-order valence-corrected chi connectivity index (χ0v) is 12.9. The SMILES string of the molecule is CN1C(=O)[C@H]2CCc3c([nH]c(=O)c4cc5c(cc34)OCO5)[C@H]2C1=O. The van der Waals surface area contributed by atoms with Crippen LogP contribution in [0.2, 0.25) is 0 Å². The largest absolute Gasteiger partial charge is 0.454 e. The molecule has 1 saturated heterocycles. The standard InChI is InChI=1S/C17H14N2O5/c1-19-16(21)8-3-2-7-9-4-11-12(24-6-23-11)5-10(9)15(20)18-14(7)13(8)17(19)22/h4-5,8,13H,2-3,6H2,1H3,(H,18,20)/t8-,13-/m0/s1. The van der Waals surface area contributed by atoms with Gasteiger partial charge in [-0.05, 0) is 35.9 Å². The van der Waals surface area contributed by atoms with E-state index in [-0.39, 0.29) is 30.1 Å². The van der Waals surface area contributed by atoms with Crippen LogP contribution in [0.15, 0.2) is 16.9 Å². The minimum atomic E-state index is -0.589. The van der Waals surface area contributed by atoms with E-state index in [2.05, 4.69) is 4.98 Å². The average molecular weight is 326 g/mol. The Morgan fingerprint density at radius 3 is 2.54 bits per heavy atom. The number of nitrogens with one attached hydrogen (secondary N) is 1. The molecule has 0 unspecified atom stereocenters. The molecule has 0 saturated carbocycles. The van der Waals surface area contributed by atoms with Crippen molar-refractivity contribution in [3.8, 4) is 11.5 Å². The molecule has 0 spiro atoms. The Kier molecular flexibility index (Phi) is 2.48. The van der Waals surface area contributed by atoms with Crippen LogP contribution in [0.3, 0.4) is 0 Å². The minimum absolute atomic E-state index is 0.133. The first-order chi connectivity index (χ1) is 11.6. The van der Waals surface area contributed by atoms with E-state index in [1.165, 1.54) is 11.9 Å². The van der Waals surface area contributed by atoms with E-state index in [4.69, 9.17) is 9.47 Å². The molecule has 0 bridgehead atoms. The molecule has 2 atom stereocenters. The summed E-state index contributed by atoms with van der Waals surface area (Å²) in [6.45, 7) is 0.133. The average Bonchev–Trinajstić information content (AvgIpc) is 3.12. The van der Waals surface area contributed by atoms with Gasteiger partial charge in [-0.3, -0.25) is 19.3 Å². The quantitative estimate of drug-likeness (QED) is 0.727. The molecule has 122 valence electrons. The summed E-state index contributed by atoms with van der Waals surface area (Å²) >= 11 is 0. The first-order valence-electron chi connectivity index (χ1n) is 7.86. The smallest absolute Gasteiger partial charge is 0.256 e. The predicted molar refractivity (Wildman–Crippen MR) is 83.0 cm³/mol. The van der Waals surface area contributed by atoms with Crippen LogP contribution in [0.25, 0.3) is 10.8 Å². The predicted octanol–water partition coefficient (Wildman–Crippen LogP) is 0.901. The number of pyridine rings is 1. The van der Waals surface area contributed by atoms with Crippen molar-refractivity contribution in [1.82, 2.24) is 9.88 Å². The number of amides is 2. The Labute approximate surface area is 136 Å². The number of hydrogen-bond donors (Lipinski definition) is 1. The van der Waals surface area contributed by atoms with E-state index in [9.17, 15) is 14.4 Å². The Hall–Kier alpha value is -2.83. The number of imide groups is 1. The molecule has 2 amide bonds. The molecule has 7 heteroatoms. The molecule has 1 aromatic heterocycles. The fourth-order valence-electron chi connectivity index (χ4n) is 4.12. The topological polar surface area (TPSA) is 88.7 Å². The molecule has 1 N–H and O–H groups in total. The van der Waals surface area contributed by atoms with E-state index < -0.39 is 5.92 Å². The van der Waals surface area contributed by atoms with E-state index in [0.29, 0.717) is 35.4 Å². The van der Waals surface area contributed by atoms with Gasteiger partial charge in [-0.15, -0.1) is 0 Å². The number of carbonyl (C=O) groups excluding carboxylic acids is 2. The maximum Gasteiger partial charge on any atom is 0.256 e. The van der Waals surface area contributed by atoms with Gasteiger partial charge in [0.15, 0.2) is 11.5 Å². The second kappa shape index (κ2) is 4.37. The zero-order chi connectivity index (χ0) is 16.6. The summed E-state index contributed by atoms with van der Waals surface area (Å²) in [6, 6.07) is 3.48. The van der Waals surface area contributed by atoms with Crippen molar-refractivity contribution in [1.29, 1.82) is 0 Å². The molecular weight excluding hydrogens is 312 g/mol. The molecule has 3 heterocycles. The number of likely N-dealkylation sites (tertiary alicyclic amines) is 1. The number of likely N-dealkylation sites (N-methyl/N-ethyl adjacent to an activating group) is 1. The van der Waals surface area contributed by atoms with Gasteiger partial charge in [0.2, 0.25) is 18.6 Å². The lowest BCUT2D eigenvalue weighted by molar-refractivity contribution is -0.137. The van der Waals surface area contributed by atoms with Crippen molar-refractivity contribution in [3.63, 3.8) is 0 Å². The van der Waals surface area contributed by atoms with Gasteiger partial charge in [-0.1, -0.05) is 0 Å². The molecule has 1 aromatic carbocycles. The number of H-pyrrole nitrogens is 1. The van der Waals surface area contributed by atoms with Crippen LogP contribution in [-0.4, -0.2) is 35.5 Å². The third-order valence-corrected chi connectivity index (χ3v) is 5.32. The van der Waals surface area contributed by atoms with E-state index in [1.807, 2.05) is 0 Å². The summed E-state index contributed by atoms with van der Waals surface area (Å²) in [4.78, 5) is 41.3. The Balaban J connectivity index is 1.80. The van der Waals surface area contributed by atoms with Gasteiger partial charge in [0.1, 0.15) is 0 Å². The number of hydrogen-bond acceptors (Lipinski definition) is 5. The molecular formula is C17H14N2O5. The molecule has 1 fully saturated rings. The summed E-state index contributed by atoms with van der Waals surface area (Å²) in [6.07, 6.45) is 1.23. The van der Waals surface area contributed by atoms with Gasteiger partial charge in [0.25, 0.3) is 5.56 Å². The molecule has 1 aliphatic carbocycles. The number of rotatable bonds is 0. The van der Waals surface area contributed by atoms with Gasteiger partial charge in [-0.25, -0.2) is 0 Å². The normalized spacial score (nSPS) is 24.5. The van der Waals surface area contributed by atoms with Crippen LogP contribution < -0.4 is 15.0 Å². The molecule has 7 nitrogen and oxygen atoms in total. The van der Waals surface area contributed by atoms with E-state index in [1.54, 1.807) is 12.1 Å². The number of carbonyl (C=O) groups is 2. The first-order valence-corrected chi connectivity index (χ1v) is 7.86. The van der Waals surface area contributed by atoms with Crippen LogP contribution in [0, 0.1) is 5.92 Å². The van der Waals surface area contributed by atoms with E-state index >= 15 is 0 Å². The van der Waals surface area contributed by atoms with Gasteiger partial charge in [0.05, 0.1) is 17.2 Å². The summed E-state index contributed by atoms with van der Waals surface area (Å²) in [5.74, 6) is -0.230. The van der Waals surface area contributed by atoms with Crippen LogP contribution in [0.4, 0.5) is 0 Å². The lowest BCUT2D eigenvalue weighted by Crippen LogP contribution is -2.27. The fraction of sp³-hybridized carbons (Fsp3) is 0.353. The summed E-state index contributed by atoms with van der Waals surface area (Å²) < 4.78 is 10.8. The van der Waals surface area contributed by atoms with Crippen LogP contribution in [0.5, 0.6) is 11.5 Å². The summed E-state index contributed by atoms with van der Waals surface area (Å²) in [7, 11) is 1.50. The molecule has 24 heavy (non-hydrogen) atoms. The molecule has 0 radical (unpaired) electrons. The Bertz CT molecular complexity index is 993. The van der Waals surface area contributed by atoms with Crippen molar-refractivity contribution in [3.05, 3.63) is 33.7 Å². The zero-order valence-electron chi connectivity index (χ0n) is 12.9. The second-order valence-corrected chi connectivity index (χ2v) is 6.46. The highest BCUT2D eigenvalue weighted by Crippen LogP contribution is 2.44. The Morgan fingerprint density at radius 2 is 1.79 bits per heavy atom. The third-order valence-electron chi connectivity index (χ3n) is 5.32. The Morgan fingerprint density at radius 1 is 1.08 bits per heavy atom. The number of nitrogens with zero attached hydrogens (tertiary/aromatic N) is 1. The van der Waals surface area contributed by atoms with Crippen LogP contribution in [-0.2, 0) is 16.0 Å². The molecule has 5 rings (SSSR count). The van der Waals surface area contributed by atoms with Crippen molar-refractivity contribution in [2.75, 3.05) is 13.8 Å². The highest BCUT2D eigenvalue weighted by molar-refractivity contribution is 6.08. The lowest BCUT2D eigenvalue weighted by atomic mass is 9.78. The summed E-state index contributed by atoms with van der Waals surface area (Å²) in [5.41, 5.74) is 1.21. The van der Waals surface area contributed by atoms with Crippen molar-refractivity contribution in [2.24, 2.45) is 5.92 Å². The maximum atomic E-state index is 12.5. The minimum Gasteiger partial charge on any atom is -0.454 e. The fourth-order valence-corrected chi connectivity index (χ4v) is 4.12. The number of aromatic amines is 1. The number of aryl methyl sites for hydroxylation is 1. The number of fused-ring (bicyclic) bond motifs is 6. The van der Waals surface area contributed by atoms with Crippen molar-refractivity contribution in [2.45, 2.75) is 18.8 Å². The van der Waals surface area contributed by atoms with Gasteiger partial charge in [-0.2, -0.15) is 0 Å². The van der Waals surface area contributed by atoms with Gasteiger partial charge in [0, 0.05) is 12.7 Å². The number of benzene rings is 1. The highest BCUT2D eigenvalue weighted by Gasteiger charge is 2.49. The summed E-state index contributed by atoms with van der Waals surface area (Å²) in [5, 5.41) is 1.29. The van der Waals surface area contributed by atoms with Crippen LogP contribution >= 0.6 is 0 Å². The maximum absolute atomic E-state index is 12.5. The first kappa shape index (κ1) is 13.6. The van der Waals surface area contributed by atoms with Gasteiger partial charge >= 0.3 is 0 Å². The number of aromatic nitrogens is 1. The monoisotopic (exact) mass is 326 g/mol. The van der Waals surface area contributed by atoms with Crippen molar-refractivity contribution >= 4 is 22.6 Å². The highest BCUT2D eigenvalue weighted by atomic mass is 16.7. The molecule has 2 aromatic rings. The van der Waals surface area contributed by atoms with Crippen molar-refractivity contribution < 1.29 is 19.1 Å². The molecule has 3 aliphatic rings. The van der Waals surface area contributed by atoms with Gasteiger partial charge < -0.3 is 14.5 Å². The second-order valence-electron chi connectivity index (χ2n) is 6.46.